The first-order valence-corrected chi connectivity index (χ1v) is 7.77. The third-order valence-corrected chi connectivity index (χ3v) is 4.29. The van der Waals surface area contributed by atoms with Gasteiger partial charge in [0.25, 0.3) is 11.6 Å². The molecule has 0 radical (unpaired) electrons. The van der Waals surface area contributed by atoms with Crippen LogP contribution in [0.4, 0.5) is 5.69 Å². The van der Waals surface area contributed by atoms with Crippen molar-refractivity contribution >= 4 is 17.6 Å². The van der Waals surface area contributed by atoms with Crippen LogP contribution in [0.25, 0.3) is 5.69 Å². The van der Waals surface area contributed by atoms with Gasteiger partial charge in [-0.15, -0.1) is 0 Å². The molecule has 1 aliphatic carbocycles. The average Bonchev–Trinajstić information content (AvgIpc) is 3.24. The summed E-state index contributed by atoms with van der Waals surface area (Å²) in [5, 5.41) is 26.6. The minimum absolute atomic E-state index is 0.0249. The molecule has 1 saturated carbocycles. The molecule has 2 aromatic rings. The first kappa shape index (κ1) is 16.6. The highest BCUT2D eigenvalue weighted by Crippen LogP contribution is 2.26. The Hall–Kier alpha value is -3.23. The molecule has 9 nitrogen and oxygen atoms in total. The number of rotatable bonds is 5. The van der Waals surface area contributed by atoms with Crippen molar-refractivity contribution < 1.29 is 19.6 Å². The molecule has 0 spiro atoms. The zero-order valence-corrected chi connectivity index (χ0v) is 13.2. The van der Waals surface area contributed by atoms with Crippen LogP contribution in [0.2, 0.25) is 0 Å². The highest BCUT2D eigenvalue weighted by Gasteiger charge is 2.30. The third kappa shape index (κ3) is 3.65. The molecule has 0 saturated heterocycles. The van der Waals surface area contributed by atoms with Crippen LogP contribution >= 0.6 is 0 Å². The summed E-state index contributed by atoms with van der Waals surface area (Å²) < 4.78 is 1.45. The van der Waals surface area contributed by atoms with Crippen molar-refractivity contribution in [1.82, 2.24) is 15.1 Å². The van der Waals surface area contributed by atoms with Gasteiger partial charge in [0.2, 0.25) is 0 Å². The molecule has 1 heterocycles. The van der Waals surface area contributed by atoms with Crippen molar-refractivity contribution in [1.29, 1.82) is 0 Å². The number of hydrogen-bond acceptors (Lipinski definition) is 5. The van der Waals surface area contributed by atoms with E-state index in [2.05, 4.69) is 10.4 Å². The van der Waals surface area contributed by atoms with Crippen LogP contribution in [0.1, 0.15) is 29.6 Å². The quantitative estimate of drug-likeness (QED) is 0.628. The van der Waals surface area contributed by atoms with Gasteiger partial charge in [-0.05, 0) is 31.4 Å². The second-order valence-corrected chi connectivity index (χ2v) is 5.97. The first-order chi connectivity index (χ1) is 11.9. The number of aliphatic carboxylic acids is 1. The maximum atomic E-state index is 12.3. The number of aromatic nitrogens is 2. The van der Waals surface area contributed by atoms with E-state index in [0.29, 0.717) is 30.5 Å². The number of benzene rings is 1. The summed E-state index contributed by atoms with van der Waals surface area (Å²) in [5.41, 5.74) is 0.914. The Morgan fingerprint density at radius 3 is 2.60 bits per heavy atom. The molecule has 0 unspecified atom stereocenters. The van der Waals surface area contributed by atoms with Crippen LogP contribution in [-0.2, 0) is 4.79 Å². The first-order valence-electron chi connectivity index (χ1n) is 7.77. The number of hydrogen-bond donors (Lipinski definition) is 2. The maximum Gasteiger partial charge on any atom is 0.306 e. The molecule has 3 rings (SSSR count). The van der Waals surface area contributed by atoms with Crippen LogP contribution < -0.4 is 5.32 Å². The van der Waals surface area contributed by atoms with E-state index in [1.165, 1.54) is 29.2 Å². The molecule has 0 aliphatic heterocycles. The number of carbonyl (C=O) groups is 2. The van der Waals surface area contributed by atoms with E-state index >= 15 is 0 Å². The van der Waals surface area contributed by atoms with Gasteiger partial charge in [0.15, 0.2) is 0 Å². The topological polar surface area (TPSA) is 127 Å². The summed E-state index contributed by atoms with van der Waals surface area (Å²) in [5.74, 6) is -1.56. The molecule has 1 aliphatic rings. The maximum absolute atomic E-state index is 12.3. The van der Waals surface area contributed by atoms with E-state index in [9.17, 15) is 19.7 Å². The highest BCUT2D eigenvalue weighted by atomic mass is 16.6. The van der Waals surface area contributed by atoms with Crippen LogP contribution in [0.15, 0.2) is 36.7 Å². The Morgan fingerprint density at radius 1 is 1.28 bits per heavy atom. The van der Waals surface area contributed by atoms with Gasteiger partial charge in [-0.2, -0.15) is 5.10 Å². The molecule has 25 heavy (non-hydrogen) atoms. The van der Waals surface area contributed by atoms with Gasteiger partial charge >= 0.3 is 5.97 Å². The van der Waals surface area contributed by atoms with Gasteiger partial charge in [-0.1, -0.05) is 0 Å². The molecule has 1 fully saturated rings. The van der Waals surface area contributed by atoms with E-state index < -0.39 is 16.8 Å². The van der Waals surface area contributed by atoms with Gasteiger partial charge < -0.3 is 10.4 Å². The van der Waals surface area contributed by atoms with E-state index in [4.69, 9.17) is 5.11 Å². The lowest BCUT2D eigenvalue weighted by molar-refractivity contribution is -0.384. The van der Waals surface area contributed by atoms with Crippen molar-refractivity contribution in [2.24, 2.45) is 5.92 Å². The van der Waals surface area contributed by atoms with E-state index in [1.807, 2.05) is 0 Å². The number of carboxylic acids is 1. The summed E-state index contributed by atoms with van der Waals surface area (Å²) in [7, 11) is 0. The number of nitrogens with one attached hydrogen (secondary N) is 1. The molecule has 130 valence electrons. The van der Waals surface area contributed by atoms with Crippen molar-refractivity contribution in [3.8, 4) is 5.69 Å². The van der Waals surface area contributed by atoms with E-state index in [0.717, 1.165) is 0 Å². The minimum Gasteiger partial charge on any atom is -0.481 e. The number of non-ortho nitro benzene ring substituents is 1. The zero-order chi connectivity index (χ0) is 18.0. The van der Waals surface area contributed by atoms with Crippen molar-refractivity contribution in [2.45, 2.75) is 25.3 Å². The number of carbonyl (C=O) groups excluding carboxylic acids is 1. The van der Waals surface area contributed by atoms with Gasteiger partial charge in [-0.3, -0.25) is 19.7 Å². The Bertz CT molecular complexity index is 814. The number of carboxylic acid groups (broad SMARTS) is 1. The van der Waals surface area contributed by atoms with Crippen molar-refractivity contribution in [3.63, 3.8) is 0 Å². The normalized spacial score (nSPS) is 19.5. The number of nitro benzene ring substituents is 1. The predicted molar refractivity (Wildman–Crippen MR) is 86.4 cm³/mol. The Morgan fingerprint density at radius 2 is 2.00 bits per heavy atom. The fourth-order valence-corrected chi connectivity index (χ4v) is 2.91. The number of nitrogens with zero attached hydrogens (tertiary/aromatic N) is 3. The largest absolute Gasteiger partial charge is 0.481 e. The highest BCUT2D eigenvalue weighted by molar-refractivity contribution is 5.94. The molecule has 1 amide bonds. The summed E-state index contributed by atoms with van der Waals surface area (Å²) >= 11 is 0. The Labute approximate surface area is 142 Å². The molecule has 2 N–H and O–H groups in total. The lowest BCUT2D eigenvalue weighted by atomic mass is 10.1. The lowest BCUT2D eigenvalue weighted by Gasteiger charge is -2.11. The van der Waals surface area contributed by atoms with Crippen molar-refractivity contribution in [2.75, 3.05) is 0 Å². The number of amides is 1. The Kier molecular flexibility index (Phi) is 4.46. The summed E-state index contributed by atoms with van der Waals surface area (Å²) in [6.07, 6.45) is 4.56. The Balaban J connectivity index is 1.65. The van der Waals surface area contributed by atoms with E-state index in [-0.39, 0.29) is 17.6 Å². The van der Waals surface area contributed by atoms with Crippen LogP contribution in [0, 0.1) is 16.0 Å². The SMILES string of the molecule is O=C(N[C@H]1CC[C@@H](C(=O)O)C1)c1cnn(-c2ccc([N+](=O)[O-])cc2)c1. The smallest absolute Gasteiger partial charge is 0.306 e. The van der Waals surface area contributed by atoms with Crippen LogP contribution in [0.5, 0.6) is 0 Å². The standard InChI is InChI=1S/C16H16N4O5/c21-15(18-12-2-1-10(7-12)16(22)23)11-8-17-19(9-11)13-3-5-14(6-4-13)20(24)25/h3-6,8-10,12H,1-2,7H2,(H,18,21)(H,22,23)/t10-,12+/m1/s1. The summed E-state index contributed by atoms with van der Waals surface area (Å²) in [4.78, 5) is 33.4. The molecule has 0 bridgehead atoms. The van der Waals surface area contributed by atoms with E-state index in [1.54, 1.807) is 12.1 Å². The summed E-state index contributed by atoms with van der Waals surface area (Å²) in [6, 6.07) is 5.65. The zero-order valence-electron chi connectivity index (χ0n) is 13.2. The second kappa shape index (κ2) is 6.71. The predicted octanol–water partition coefficient (Wildman–Crippen LogP) is 1.76. The fourth-order valence-electron chi connectivity index (χ4n) is 2.91. The molecule has 1 aromatic heterocycles. The molecule has 2 atom stereocenters. The van der Waals surface area contributed by atoms with Crippen LogP contribution in [0.3, 0.4) is 0 Å². The number of nitro groups is 1. The molecule has 1 aromatic carbocycles. The van der Waals surface area contributed by atoms with Gasteiger partial charge in [0.1, 0.15) is 0 Å². The van der Waals surface area contributed by atoms with Gasteiger partial charge in [0.05, 0.1) is 28.3 Å². The molecular weight excluding hydrogens is 328 g/mol. The van der Waals surface area contributed by atoms with Crippen molar-refractivity contribution in [3.05, 3.63) is 52.3 Å². The fraction of sp³-hybridized carbons (Fsp3) is 0.312. The molecule has 9 heteroatoms. The molecular formula is C16H16N4O5. The lowest BCUT2D eigenvalue weighted by Crippen LogP contribution is -2.33. The monoisotopic (exact) mass is 344 g/mol. The average molecular weight is 344 g/mol. The summed E-state index contributed by atoms with van der Waals surface area (Å²) in [6.45, 7) is 0. The van der Waals surface area contributed by atoms with Gasteiger partial charge in [-0.25, -0.2) is 4.68 Å². The van der Waals surface area contributed by atoms with Crippen LogP contribution in [-0.4, -0.2) is 37.7 Å². The van der Waals surface area contributed by atoms with Gasteiger partial charge in [0, 0.05) is 24.4 Å². The third-order valence-electron chi connectivity index (χ3n) is 4.29. The minimum atomic E-state index is -0.831. The second-order valence-electron chi connectivity index (χ2n) is 5.97.